The Morgan fingerprint density at radius 1 is 1.06 bits per heavy atom. The molecule has 0 saturated carbocycles. The number of oxazole rings is 1. The normalized spacial score (nSPS) is 11.2. The van der Waals surface area contributed by atoms with Crippen LogP contribution in [0.3, 0.4) is 0 Å². The van der Waals surface area contributed by atoms with Crippen molar-refractivity contribution in [2.45, 2.75) is 13.8 Å². The average molecular weight is 240 g/mol. The van der Waals surface area contributed by atoms with E-state index in [2.05, 4.69) is 41.9 Å². The first-order valence-electron chi connectivity index (χ1n) is 6.36. The third kappa shape index (κ3) is 1.63. The Morgan fingerprint density at radius 2 is 1.83 bits per heavy atom. The zero-order valence-corrected chi connectivity index (χ0v) is 10.7. The number of benzene rings is 2. The maximum absolute atomic E-state index is 5.94. The molecule has 0 N–H and O–H groups in total. The summed E-state index contributed by atoms with van der Waals surface area (Å²) in [7, 11) is 0. The fourth-order valence-electron chi connectivity index (χ4n) is 2.27. The van der Waals surface area contributed by atoms with Crippen LogP contribution >= 0.6 is 0 Å². The van der Waals surface area contributed by atoms with Crippen LogP contribution in [0.15, 0.2) is 40.8 Å². The molecule has 3 rings (SSSR count). The van der Waals surface area contributed by atoms with Gasteiger partial charge in [-0.15, -0.1) is 0 Å². The summed E-state index contributed by atoms with van der Waals surface area (Å²) in [5.41, 5.74) is 1.81. The molecule has 0 atom stereocenters. The van der Waals surface area contributed by atoms with Crippen molar-refractivity contribution in [2.24, 2.45) is 0 Å². The Morgan fingerprint density at radius 3 is 2.61 bits per heavy atom. The van der Waals surface area contributed by atoms with Crippen molar-refractivity contribution in [3.8, 4) is 0 Å². The predicted octanol–water partition coefficient (Wildman–Crippen LogP) is 3.83. The molecule has 0 spiro atoms. The Hall–Kier alpha value is -2.03. The van der Waals surface area contributed by atoms with Crippen LogP contribution in [0.2, 0.25) is 0 Å². The van der Waals surface area contributed by atoms with Crippen LogP contribution in [-0.2, 0) is 0 Å². The van der Waals surface area contributed by atoms with Gasteiger partial charge in [0.1, 0.15) is 5.52 Å². The lowest BCUT2D eigenvalue weighted by Gasteiger charge is -2.14. The van der Waals surface area contributed by atoms with E-state index in [0.717, 1.165) is 29.6 Å². The SMILES string of the molecule is CCN(CC)c1nc2ccc3ccccc3c2o1. The van der Waals surface area contributed by atoms with Gasteiger partial charge in [-0.05, 0) is 25.3 Å². The number of anilines is 1. The molecular formula is C15H16N2O. The Kier molecular flexibility index (Phi) is 2.67. The van der Waals surface area contributed by atoms with Crippen LogP contribution in [-0.4, -0.2) is 18.1 Å². The number of hydrogen-bond donors (Lipinski definition) is 0. The van der Waals surface area contributed by atoms with Gasteiger partial charge < -0.3 is 9.32 Å². The molecule has 3 nitrogen and oxygen atoms in total. The highest BCUT2D eigenvalue weighted by atomic mass is 16.4. The summed E-state index contributed by atoms with van der Waals surface area (Å²) in [5, 5.41) is 2.31. The molecule has 3 aromatic rings. The molecule has 1 heterocycles. The molecule has 0 aliphatic carbocycles. The molecule has 0 bridgehead atoms. The van der Waals surface area contributed by atoms with Gasteiger partial charge in [-0.2, -0.15) is 4.98 Å². The van der Waals surface area contributed by atoms with Gasteiger partial charge in [-0.1, -0.05) is 30.3 Å². The summed E-state index contributed by atoms with van der Waals surface area (Å²) >= 11 is 0. The molecule has 0 aliphatic heterocycles. The molecular weight excluding hydrogens is 224 g/mol. The Labute approximate surface area is 106 Å². The van der Waals surface area contributed by atoms with Gasteiger partial charge in [0.05, 0.1) is 0 Å². The molecule has 0 amide bonds. The highest BCUT2D eigenvalue weighted by Gasteiger charge is 2.12. The van der Waals surface area contributed by atoms with E-state index in [1.165, 1.54) is 5.39 Å². The number of hydrogen-bond acceptors (Lipinski definition) is 3. The number of rotatable bonds is 3. The molecule has 92 valence electrons. The van der Waals surface area contributed by atoms with Crippen molar-refractivity contribution in [2.75, 3.05) is 18.0 Å². The first-order valence-corrected chi connectivity index (χ1v) is 6.36. The summed E-state index contributed by atoms with van der Waals surface area (Å²) in [4.78, 5) is 6.68. The fourth-order valence-corrected chi connectivity index (χ4v) is 2.27. The van der Waals surface area contributed by atoms with Crippen molar-refractivity contribution in [1.29, 1.82) is 0 Å². The highest BCUT2D eigenvalue weighted by Crippen LogP contribution is 2.28. The van der Waals surface area contributed by atoms with Crippen LogP contribution in [0.4, 0.5) is 6.01 Å². The van der Waals surface area contributed by atoms with Gasteiger partial charge >= 0.3 is 0 Å². The second-order valence-electron chi connectivity index (χ2n) is 4.30. The lowest BCUT2D eigenvalue weighted by atomic mass is 10.1. The Balaban J connectivity index is 2.25. The molecule has 0 radical (unpaired) electrons. The van der Waals surface area contributed by atoms with E-state index in [0.29, 0.717) is 6.01 Å². The molecule has 2 aromatic carbocycles. The predicted molar refractivity (Wildman–Crippen MR) is 75.1 cm³/mol. The van der Waals surface area contributed by atoms with Crippen LogP contribution in [0.5, 0.6) is 0 Å². The molecule has 0 saturated heterocycles. The minimum Gasteiger partial charge on any atom is -0.423 e. The minimum absolute atomic E-state index is 0.714. The van der Waals surface area contributed by atoms with E-state index in [-0.39, 0.29) is 0 Å². The van der Waals surface area contributed by atoms with Crippen molar-refractivity contribution < 1.29 is 4.42 Å². The van der Waals surface area contributed by atoms with Crippen molar-refractivity contribution in [1.82, 2.24) is 4.98 Å². The summed E-state index contributed by atoms with van der Waals surface area (Å²) in [6.45, 7) is 6.02. The zero-order valence-electron chi connectivity index (χ0n) is 10.7. The van der Waals surface area contributed by atoms with Crippen LogP contribution < -0.4 is 4.90 Å². The van der Waals surface area contributed by atoms with Crippen molar-refractivity contribution in [3.63, 3.8) is 0 Å². The second kappa shape index (κ2) is 4.33. The van der Waals surface area contributed by atoms with E-state index in [4.69, 9.17) is 4.42 Å². The van der Waals surface area contributed by atoms with Crippen molar-refractivity contribution in [3.05, 3.63) is 36.4 Å². The molecule has 1 aromatic heterocycles. The van der Waals surface area contributed by atoms with Crippen LogP contribution in [0.1, 0.15) is 13.8 Å². The maximum Gasteiger partial charge on any atom is 0.298 e. The minimum atomic E-state index is 0.714. The summed E-state index contributed by atoms with van der Waals surface area (Å²) < 4.78 is 5.94. The van der Waals surface area contributed by atoms with Gasteiger partial charge in [-0.25, -0.2) is 0 Å². The molecule has 3 heteroatoms. The smallest absolute Gasteiger partial charge is 0.298 e. The quantitative estimate of drug-likeness (QED) is 0.696. The highest BCUT2D eigenvalue weighted by molar-refractivity contribution is 6.03. The largest absolute Gasteiger partial charge is 0.423 e. The topological polar surface area (TPSA) is 29.3 Å². The fraction of sp³-hybridized carbons (Fsp3) is 0.267. The van der Waals surface area contributed by atoms with Gasteiger partial charge in [0, 0.05) is 18.5 Å². The van der Waals surface area contributed by atoms with Crippen LogP contribution in [0.25, 0.3) is 21.9 Å². The average Bonchev–Trinajstić information content (AvgIpc) is 2.84. The summed E-state index contributed by atoms with van der Waals surface area (Å²) in [6.07, 6.45) is 0. The number of aromatic nitrogens is 1. The van der Waals surface area contributed by atoms with Gasteiger partial charge in [-0.3, -0.25) is 0 Å². The van der Waals surface area contributed by atoms with E-state index >= 15 is 0 Å². The lowest BCUT2D eigenvalue weighted by Crippen LogP contribution is -2.21. The monoisotopic (exact) mass is 240 g/mol. The third-order valence-electron chi connectivity index (χ3n) is 3.30. The van der Waals surface area contributed by atoms with E-state index in [1.807, 2.05) is 18.2 Å². The number of fused-ring (bicyclic) bond motifs is 3. The third-order valence-corrected chi connectivity index (χ3v) is 3.30. The van der Waals surface area contributed by atoms with E-state index in [1.54, 1.807) is 0 Å². The van der Waals surface area contributed by atoms with Crippen molar-refractivity contribution >= 4 is 27.9 Å². The first kappa shape index (κ1) is 11.1. The van der Waals surface area contributed by atoms with Gasteiger partial charge in [0.15, 0.2) is 5.58 Å². The molecule has 18 heavy (non-hydrogen) atoms. The van der Waals surface area contributed by atoms with E-state index < -0.39 is 0 Å². The van der Waals surface area contributed by atoms with Gasteiger partial charge in [0.2, 0.25) is 0 Å². The molecule has 0 aliphatic rings. The van der Waals surface area contributed by atoms with Gasteiger partial charge in [0.25, 0.3) is 6.01 Å². The van der Waals surface area contributed by atoms with Crippen LogP contribution in [0, 0.1) is 0 Å². The molecule has 0 unspecified atom stereocenters. The first-order chi connectivity index (χ1) is 8.83. The summed E-state index contributed by atoms with van der Waals surface area (Å²) in [5.74, 6) is 0. The molecule has 0 fully saturated rings. The maximum atomic E-state index is 5.94. The standard InChI is InChI=1S/C15H16N2O/c1-3-17(4-2)15-16-13-10-9-11-7-5-6-8-12(11)14(13)18-15/h5-10H,3-4H2,1-2H3. The van der Waals surface area contributed by atoms with E-state index in [9.17, 15) is 0 Å². The summed E-state index contributed by atoms with van der Waals surface area (Å²) in [6, 6.07) is 13.1. The lowest BCUT2D eigenvalue weighted by molar-refractivity contribution is 0.578. The second-order valence-corrected chi connectivity index (χ2v) is 4.30. The number of nitrogens with zero attached hydrogens (tertiary/aromatic N) is 2. The zero-order chi connectivity index (χ0) is 12.5. The Bertz CT molecular complexity index is 683.